The third kappa shape index (κ3) is 5.32. The van der Waals surface area contributed by atoms with Gasteiger partial charge in [0.25, 0.3) is 11.8 Å². The molecule has 1 N–H and O–H groups in total. The molecule has 0 bridgehead atoms. The number of ether oxygens (including phenoxy) is 2. The fourth-order valence-electron chi connectivity index (χ4n) is 3.34. The molecular formula is C25H28N6O4. The first kappa shape index (κ1) is 23.9. The van der Waals surface area contributed by atoms with E-state index >= 15 is 0 Å². The molecular weight excluding hydrogens is 448 g/mol. The minimum absolute atomic E-state index is 0.251. The van der Waals surface area contributed by atoms with Crippen LogP contribution in [0.3, 0.4) is 0 Å². The lowest BCUT2D eigenvalue weighted by molar-refractivity contribution is 0.0946. The van der Waals surface area contributed by atoms with Crippen molar-refractivity contribution in [1.82, 2.24) is 30.0 Å². The SMILES string of the molecule is CCOc1cc(CNC(=O)c2cn(-c3ncccc3-c3nc(C(C)(C)C)no3)cn2)ccc1OC. The number of aromatic nitrogens is 5. The fraction of sp³-hybridized carbons (Fsp3) is 0.320. The maximum Gasteiger partial charge on any atom is 0.271 e. The number of benzene rings is 1. The van der Waals surface area contributed by atoms with Gasteiger partial charge < -0.3 is 19.3 Å². The first-order valence-electron chi connectivity index (χ1n) is 11.2. The first-order valence-corrected chi connectivity index (χ1v) is 11.2. The molecule has 3 aromatic heterocycles. The summed E-state index contributed by atoms with van der Waals surface area (Å²) in [5.74, 6) is 2.43. The zero-order valence-corrected chi connectivity index (χ0v) is 20.4. The van der Waals surface area contributed by atoms with E-state index in [0.717, 1.165) is 5.56 Å². The Balaban J connectivity index is 1.51. The third-order valence-corrected chi connectivity index (χ3v) is 5.15. The summed E-state index contributed by atoms with van der Waals surface area (Å²) in [5.41, 5.74) is 1.51. The van der Waals surface area contributed by atoms with E-state index < -0.39 is 0 Å². The van der Waals surface area contributed by atoms with E-state index in [0.29, 0.717) is 47.7 Å². The van der Waals surface area contributed by atoms with Gasteiger partial charge in [0.1, 0.15) is 12.0 Å². The number of carbonyl (C=O) groups is 1. The molecule has 0 aliphatic rings. The van der Waals surface area contributed by atoms with E-state index in [4.69, 9.17) is 14.0 Å². The average Bonchev–Trinajstić information content (AvgIpc) is 3.53. The van der Waals surface area contributed by atoms with Crippen LogP contribution in [0, 0.1) is 0 Å². The van der Waals surface area contributed by atoms with Gasteiger partial charge in [-0.2, -0.15) is 4.98 Å². The highest BCUT2D eigenvalue weighted by molar-refractivity contribution is 5.92. The second-order valence-electron chi connectivity index (χ2n) is 8.81. The van der Waals surface area contributed by atoms with Gasteiger partial charge in [0.15, 0.2) is 23.1 Å². The summed E-state index contributed by atoms with van der Waals surface area (Å²) in [5, 5.41) is 6.97. The number of nitrogens with zero attached hydrogens (tertiary/aromatic N) is 5. The summed E-state index contributed by atoms with van der Waals surface area (Å²) >= 11 is 0. The van der Waals surface area contributed by atoms with Crippen LogP contribution in [0.2, 0.25) is 0 Å². The van der Waals surface area contributed by atoms with Crippen molar-refractivity contribution in [2.75, 3.05) is 13.7 Å². The number of amides is 1. The minimum atomic E-state index is -0.317. The molecule has 35 heavy (non-hydrogen) atoms. The lowest BCUT2D eigenvalue weighted by Gasteiger charge is -2.11. The molecule has 0 spiro atoms. The molecule has 0 saturated carbocycles. The topological polar surface area (TPSA) is 117 Å². The van der Waals surface area contributed by atoms with Gasteiger partial charge in [-0.15, -0.1) is 0 Å². The summed E-state index contributed by atoms with van der Waals surface area (Å²) in [6.45, 7) is 8.75. The van der Waals surface area contributed by atoms with Crippen molar-refractivity contribution in [3.8, 4) is 28.8 Å². The summed E-state index contributed by atoms with van der Waals surface area (Å²) in [6, 6.07) is 9.15. The number of nitrogens with one attached hydrogen (secondary N) is 1. The molecule has 4 aromatic rings. The van der Waals surface area contributed by atoms with Crippen LogP contribution in [-0.4, -0.2) is 44.3 Å². The normalized spacial score (nSPS) is 11.3. The van der Waals surface area contributed by atoms with E-state index in [1.165, 1.54) is 6.33 Å². The summed E-state index contributed by atoms with van der Waals surface area (Å²) in [7, 11) is 1.59. The molecule has 10 heteroatoms. The van der Waals surface area contributed by atoms with Crippen molar-refractivity contribution in [3.63, 3.8) is 0 Å². The Bertz CT molecular complexity index is 1320. The molecule has 0 atom stereocenters. The molecule has 0 aliphatic carbocycles. The number of methoxy groups -OCH3 is 1. The van der Waals surface area contributed by atoms with Crippen molar-refractivity contribution in [3.05, 3.63) is 66.1 Å². The molecule has 1 amide bonds. The number of rotatable bonds is 8. The maximum absolute atomic E-state index is 12.8. The van der Waals surface area contributed by atoms with E-state index in [1.54, 1.807) is 30.1 Å². The highest BCUT2D eigenvalue weighted by Gasteiger charge is 2.23. The van der Waals surface area contributed by atoms with Crippen LogP contribution >= 0.6 is 0 Å². The quantitative estimate of drug-likeness (QED) is 0.406. The molecule has 182 valence electrons. The van der Waals surface area contributed by atoms with Gasteiger partial charge in [0.05, 0.1) is 19.3 Å². The van der Waals surface area contributed by atoms with Crippen LogP contribution < -0.4 is 14.8 Å². The van der Waals surface area contributed by atoms with Crippen molar-refractivity contribution in [2.45, 2.75) is 39.7 Å². The standard InChI is InChI=1S/C25H28N6O4/c1-6-34-20-12-16(9-10-19(20)33-5)13-27-22(32)18-14-31(15-28-18)21-17(8-7-11-26-21)23-29-24(30-35-23)25(2,3)4/h7-12,14-15H,6,13H2,1-5H3,(H,27,32). The van der Waals surface area contributed by atoms with Crippen LogP contribution in [-0.2, 0) is 12.0 Å². The molecule has 0 aliphatic heterocycles. The molecule has 0 unspecified atom stereocenters. The zero-order valence-electron chi connectivity index (χ0n) is 20.4. The van der Waals surface area contributed by atoms with Crippen molar-refractivity contribution in [1.29, 1.82) is 0 Å². The smallest absolute Gasteiger partial charge is 0.271 e. The second kappa shape index (κ2) is 9.96. The summed E-state index contributed by atoms with van der Waals surface area (Å²) in [6.07, 6.45) is 4.80. The van der Waals surface area contributed by atoms with E-state index in [2.05, 4.69) is 25.4 Å². The van der Waals surface area contributed by atoms with Gasteiger partial charge in [0.2, 0.25) is 0 Å². The first-order chi connectivity index (χ1) is 16.8. The van der Waals surface area contributed by atoms with Crippen LogP contribution in [0.5, 0.6) is 11.5 Å². The predicted molar refractivity (Wildman–Crippen MR) is 129 cm³/mol. The lowest BCUT2D eigenvalue weighted by atomic mass is 9.96. The van der Waals surface area contributed by atoms with Gasteiger partial charge >= 0.3 is 0 Å². The van der Waals surface area contributed by atoms with Crippen LogP contribution in [0.15, 0.2) is 53.6 Å². The van der Waals surface area contributed by atoms with Gasteiger partial charge in [-0.25, -0.2) is 9.97 Å². The molecule has 1 aromatic carbocycles. The Morgan fingerprint density at radius 1 is 1.17 bits per heavy atom. The van der Waals surface area contributed by atoms with E-state index in [-0.39, 0.29) is 17.0 Å². The third-order valence-electron chi connectivity index (χ3n) is 5.15. The summed E-state index contributed by atoms with van der Waals surface area (Å²) < 4.78 is 18.1. The Morgan fingerprint density at radius 2 is 2.00 bits per heavy atom. The Labute approximate surface area is 203 Å². The van der Waals surface area contributed by atoms with E-state index in [9.17, 15) is 4.79 Å². The predicted octanol–water partition coefficient (Wildman–Crippen LogP) is 3.95. The van der Waals surface area contributed by atoms with Crippen molar-refractivity contribution >= 4 is 5.91 Å². The van der Waals surface area contributed by atoms with Gasteiger partial charge in [0, 0.05) is 24.4 Å². The van der Waals surface area contributed by atoms with Crippen LogP contribution in [0.4, 0.5) is 0 Å². The molecule has 4 rings (SSSR count). The lowest BCUT2D eigenvalue weighted by Crippen LogP contribution is -2.23. The number of carbonyl (C=O) groups excluding carboxylic acids is 1. The fourth-order valence-corrected chi connectivity index (χ4v) is 3.34. The number of hydrogen-bond acceptors (Lipinski definition) is 8. The monoisotopic (exact) mass is 476 g/mol. The van der Waals surface area contributed by atoms with Crippen molar-refractivity contribution < 1.29 is 18.8 Å². The zero-order chi connectivity index (χ0) is 25.0. The highest BCUT2D eigenvalue weighted by Crippen LogP contribution is 2.29. The van der Waals surface area contributed by atoms with Crippen molar-refractivity contribution in [2.24, 2.45) is 0 Å². The average molecular weight is 477 g/mol. The Morgan fingerprint density at radius 3 is 2.71 bits per heavy atom. The highest BCUT2D eigenvalue weighted by atomic mass is 16.5. The minimum Gasteiger partial charge on any atom is -0.493 e. The molecule has 10 nitrogen and oxygen atoms in total. The molecule has 0 saturated heterocycles. The maximum atomic E-state index is 12.8. The molecule has 3 heterocycles. The molecule has 0 fully saturated rings. The number of hydrogen-bond donors (Lipinski definition) is 1. The Kier molecular flexibility index (Phi) is 6.81. The summed E-state index contributed by atoms with van der Waals surface area (Å²) in [4.78, 5) is 26.0. The van der Waals surface area contributed by atoms with Gasteiger partial charge in [-0.05, 0) is 36.8 Å². The number of pyridine rings is 1. The largest absolute Gasteiger partial charge is 0.493 e. The number of imidazole rings is 1. The van der Waals surface area contributed by atoms with E-state index in [1.807, 2.05) is 52.0 Å². The van der Waals surface area contributed by atoms with Crippen LogP contribution in [0.25, 0.3) is 17.3 Å². The van der Waals surface area contributed by atoms with Gasteiger partial charge in [-0.1, -0.05) is 32.0 Å². The molecule has 0 radical (unpaired) electrons. The van der Waals surface area contributed by atoms with Crippen LogP contribution in [0.1, 0.15) is 49.6 Å². The van der Waals surface area contributed by atoms with Gasteiger partial charge in [-0.3, -0.25) is 9.36 Å². The Hall–Kier alpha value is -4.21. The second-order valence-corrected chi connectivity index (χ2v) is 8.81.